The zero-order valence-corrected chi connectivity index (χ0v) is 17.8. The number of nitrogens with one attached hydrogen (secondary N) is 2. The molecule has 0 aliphatic heterocycles. The molecule has 0 fully saturated rings. The highest BCUT2D eigenvalue weighted by atomic mass is 32.1. The van der Waals surface area contributed by atoms with Crippen molar-refractivity contribution in [1.29, 1.82) is 0 Å². The van der Waals surface area contributed by atoms with Gasteiger partial charge in [-0.05, 0) is 43.3 Å². The summed E-state index contributed by atoms with van der Waals surface area (Å²) >= 11 is 1.04. The van der Waals surface area contributed by atoms with Crippen LogP contribution in [0.15, 0.2) is 66.7 Å². The number of para-hydroxylation sites is 1. The van der Waals surface area contributed by atoms with Crippen LogP contribution < -0.4 is 10.6 Å². The van der Waals surface area contributed by atoms with E-state index in [1.807, 2.05) is 13.0 Å². The van der Waals surface area contributed by atoms with Gasteiger partial charge in [0.2, 0.25) is 0 Å². The Balaban J connectivity index is 1.41. The largest absolute Gasteiger partial charge is 0.452 e. The molecule has 3 aromatic carbocycles. The average molecular weight is 446 g/mol. The van der Waals surface area contributed by atoms with Crippen LogP contribution in [0.5, 0.6) is 0 Å². The van der Waals surface area contributed by atoms with E-state index in [2.05, 4.69) is 19.4 Å². The molecule has 0 atom stereocenters. The third-order valence-corrected chi connectivity index (χ3v) is 5.11. The van der Waals surface area contributed by atoms with Gasteiger partial charge >= 0.3 is 5.97 Å². The molecule has 0 saturated carbocycles. The maximum absolute atomic E-state index is 12.6. The smallest absolute Gasteiger partial charge is 0.340 e. The van der Waals surface area contributed by atoms with Crippen LogP contribution in [0.4, 0.5) is 11.4 Å². The van der Waals surface area contributed by atoms with Crippen LogP contribution in [0.2, 0.25) is 0 Å². The standard InChI is InChI=1S/C23H18N4O4S/c1-14-6-4-7-15(12-14)22(29)25-17-9-3-2-8-16(17)23(30)31-13-20(28)24-18-10-5-11-19-21(18)27-32-26-19/h2-12H,13H2,1H3,(H,24,28)(H,25,29). The van der Waals surface area contributed by atoms with E-state index < -0.39 is 18.5 Å². The van der Waals surface area contributed by atoms with Crippen molar-refractivity contribution in [2.24, 2.45) is 0 Å². The van der Waals surface area contributed by atoms with Gasteiger partial charge in [0.05, 0.1) is 28.7 Å². The molecule has 32 heavy (non-hydrogen) atoms. The lowest BCUT2D eigenvalue weighted by molar-refractivity contribution is -0.119. The summed E-state index contributed by atoms with van der Waals surface area (Å²) in [5.41, 5.74) is 3.58. The summed E-state index contributed by atoms with van der Waals surface area (Å²) in [7, 11) is 0. The summed E-state index contributed by atoms with van der Waals surface area (Å²) in [5, 5.41) is 5.39. The maximum atomic E-state index is 12.6. The first-order chi connectivity index (χ1) is 15.5. The molecule has 9 heteroatoms. The van der Waals surface area contributed by atoms with Gasteiger partial charge in [-0.2, -0.15) is 8.75 Å². The number of aromatic nitrogens is 2. The number of nitrogens with zero attached hydrogens (tertiary/aromatic N) is 2. The first-order valence-corrected chi connectivity index (χ1v) is 10.4. The molecule has 0 aliphatic carbocycles. The van der Waals surface area contributed by atoms with Gasteiger partial charge in [0, 0.05) is 5.56 Å². The predicted molar refractivity (Wildman–Crippen MR) is 122 cm³/mol. The second kappa shape index (κ2) is 9.36. The summed E-state index contributed by atoms with van der Waals surface area (Å²) < 4.78 is 13.4. The van der Waals surface area contributed by atoms with Gasteiger partial charge in [-0.1, -0.05) is 35.9 Å². The molecule has 2 N–H and O–H groups in total. The van der Waals surface area contributed by atoms with Gasteiger partial charge in [0.1, 0.15) is 11.0 Å². The van der Waals surface area contributed by atoms with Crippen LogP contribution in [-0.4, -0.2) is 33.1 Å². The van der Waals surface area contributed by atoms with Crippen molar-refractivity contribution < 1.29 is 19.1 Å². The van der Waals surface area contributed by atoms with Gasteiger partial charge in [0.15, 0.2) is 6.61 Å². The highest BCUT2D eigenvalue weighted by molar-refractivity contribution is 7.00. The van der Waals surface area contributed by atoms with Crippen LogP contribution >= 0.6 is 11.7 Å². The number of amides is 2. The number of ether oxygens (including phenoxy) is 1. The lowest BCUT2D eigenvalue weighted by Crippen LogP contribution is -2.22. The molecule has 0 saturated heterocycles. The van der Waals surface area contributed by atoms with Crippen molar-refractivity contribution in [3.8, 4) is 0 Å². The Hall–Kier alpha value is -4.11. The fourth-order valence-corrected chi connectivity index (χ4v) is 3.60. The molecule has 0 spiro atoms. The normalized spacial score (nSPS) is 10.5. The molecule has 0 radical (unpaired) electrons. The molecule has 160 valence electrons. The Labute approximate surface area is 187 Å². The summed E-state index contributed by atoms with van der Waals surface area (Å²) in [4.78, 5) is 37.4. The number of fused-ring (bicyclic) bond motifs is 1. The van der Waals surface area contributed by atoms with E-state index in [4.69, 9.17) is 4.74 Å². The Morgan fingerprint density at radius 1 is 0.906 bits per heavy atom. The minimum Gasteiger partial charge on any atom is -0.452 e. The predicted octanol–water partition coefficient (Wildman–Crippen LogP) is 4.05. The summed E-state index contributed by atoms with van der Waals surface area (Å²) in [6.07, 6.45) is 0. The number of anilines is 2. The third kappa shape index (κ3) is 4.79. The number of carbonyl (C=O) groups is 3. The van der Waals surface area contributed by atoms with Crippen molar-refractivity contribution in [3.05, 3.63) is 83.4 Å². The van der Waals surface area contributed by atoms with Crippen LogP contribution in [0, 0.1) is 6.92 Å². The topological polar surface area (TPSA) is 110 Å². The Morgan fingerprint density at radius 3 is 2.53 bits per heavy atom. The van der Waals surface area contributed by atoms with E-state index in [1.165, 1.54) is 6.07 Å². The molecule has 4 rings (SSSR count). The van der Waals surface area contributed by atoms with Crippen molar-refractivity contribution in [1.82, 2.24) is 8.75 Å². The van der Waals surface area contributed by atoms with E-state index in [0.29, 0.717) is 28.0 Å². The lowest BCUT2D eigenvalue weighted by Gasteiger charge is -2.11. The number of benzene rings is 3. The van der Waals surface area contributed by atoms with E-state index in [1.54, 1.807) is 54.6 Å². The maximum Gasteiger partial charge on any atom is 0.340 e. The number of esters is 1. The quantitative estimate of drug-likeness (QED) is 0.433. The molecule has 0 unspecified atom stereocenters. The van der Waals surface area contributed by atoms with Crippen LogP contribution in [-0.2, 0) is 9.53 Å². The van der Waals surface area contributed by atoms with E-state index in [-0.39, 0.29) is 11.5 Å². The minimum atomic E-state index is -0.728. The molecule has 1 heterocycles. The van der Waals surface area contributed by atoms with Crippen LogP contribution in [0.1, 0.15) is 26.3 Å². The van der Waals surface area contributed by atoms with Gasteiger partial charge in [0.25, 0.3) is 11.8 Å². The molecule has 0 aliphatic rings. The SMILES string of the molecule is Cc1cccc(C(=O)Nc2ccccc2C(=O)OCC(=O)Nc2cccc3nsnc23)c1. The van der Waals surface area contributed by atoms with Gasteiger partial charge in [-0.3, -0.25) is 9.59 Å². The van der Waals surface area contributed by atoms with Crippen LogP contribution in [0.3, 0.4) is 0 Å². The number of rotatable bonds is 6. The minimum absolute atomic E-state index is 0.145. The molecule has 8 nitrogen and oxygen atoms in total. The van der Waals surface area contributed by atoms with E-state index >= 15 is 0 Å². The zero-order chi connectivity index (χ0) is 22.5. The van der Waals surface area contributed by atoms with Crippen molar-refractivity contribution in [3.63, 3.8) is 0 Å². The summed E-state index contributed by atoms with van der Waals surface area (Å²) in [6.45, 7) is 1.39. The average Bonchev–Trinajstić information content (AvgIpc) is 3.28. The molecular formula is C23H18N4O4S. The highest BCUT2D eigenvalue weighted by Gasteiger charge is 2.17. The number of carbonyl (C=O) groups excluding carboxylic acids is 3. The van der Waals surface area contributed by atoms with Gasteiger partial charge in [-0.15, -0.1) is 0 Å². The van der Waals surface area contributed by atoms with E-state index in [0.717, 1.165) is 17.3 Å². The second-order valence-corrected chi connectivity index (χ2v) is 7.46. The highest BCUT2D eigenvalue weighted by Crippen LogP contribution is 2.21. The molecule has 0 bridgehead atoms. The fraction of sp³-hybridized carbons (Fsp3) is 0.0870. The fourth-order valence-electron chi connectivity index (χ4n) is 3.05. The summed E-state index contributed by atoms with van der Waals surface area (Å²) in [5.74, 6) is -1.59. The van der Waals surface area contributed by atoms with Crippen molar-refractivity contribution >= 4 is 51.9 Å². The van der Waals surface area contributed by atoms with Gasteiger partial charge in [-0.25, -0.2) is 4.79 Å². The third-order valence-electron chi connectivity index (χ3n) is 4.57. The number of aryl methyl sites for hydroxylation is 1. The molecular weight excluding hydrogens is 428 g/mol. The Bertz CT molecular complexity index is 1320. The molecule has 4 aromatic rings. The number of hydrogen-bond acceptors (Lipinski definition) is 7. The first-order valence-electron chi connectivity index (χ1n) is 9.66. The van der Waals surface area contributed by atoms with Crippen LogP contribution in [0.25, 0.3) is 11.0 Å². The lowest BCUT2D eigenvalue weighted by atomic mass is 10.1. The first kappa shape index (κ1) is 21.1. The number of hydrogen-bond donors (Lipinski definition) is 2. The second-order valence-electron chi connectivity index (χ2n) is 6.93. The molecule has 1 aromatic heterocycles. The van der Waals surface area contributed by atoms with Crippen molar-refractivity contribution in [2.45, 2.75) is 6.92 Å². The summed E-state index contributed by atoms with van der Waals surface area (Å²) in [6, 6.07) is 18.8. The Morgan fingerprint density at radius 2 is 1.69 bits per heavy atom. The van der Waals surface area contributed by atoms with Gasteiger partial charge < -0.3 is 15.4 Å². The Kier molecular flexibility index (Phi) is 6.18. The zero-order valence-electron chi connectivity index (χ0n) is 17.0. The molecule has 2 amide bonds. The van der Waals surface area contributed by atoms with Crippen molar-refractivity contribution in [2.75, 3.05) is 17.2 Å². The van der Waals surface area contributed by atoms with E-state index in [9.17, 15) is 14.4 Å². The monoisotopic (exact) mass is 446 g/mol.